The maximum atomic E-state index is 13.4. The van der Waals surface area contributed by atoms with Crippen LogP contribution in [0.5, 0.6) is 0 Å². The standard InChI is InChI=1S/C11H14F2N2O2S.ClH/c12-8-2-1-3-10(11(8)13)18(16,17)15-6-9(14)7-4-5-7;/h1-3,7,9,15H,4-6,14H2;1H. The van der Waals surface area contributed by atoms with Crippen LogP contribution in [0.2, 0.25) is 0 Å². The number of benzene rings is 1. The molecule has 108 valence electrons. The maximum absolute atomic E-state index is 13.4. The molecule has 1 aliphatic rings. The first kappa shape index (κ1) is 16.3. The van der Waals surface area contributed by atoms with Crippen molar-refractivity contribution in [2.75, 3.05) is 6.54 Å². The van der Waals surface area contributed by atoms with Crippen molar-refractivity contribution < 1.29 is 17.2 Å². The van der Waals surface area contributed by atoms with E-state index >= 15 is 0 Å². The molecule has 8 heteroatoms. The zero-order chi connectivity index (χ0) is 13.3. The minimum absolute atomic E-state index is 0. The van der Waals surface area contributed by atoms with Gasteiger partial charge in [-0.15, -0.1) is 12.4 Å². The smallest absolute Gasteiger partial charge is 0.243 e. The zero-order valence-corrected chi connectivity index (χ0v) is 11.6. The third kappa shape index (κ3) is 3.85. The predicted octanol–water partition coefficient (Wildman–Crippen LogP) is 1.40. The highest BCUT2D eigenvalue weighted by molar-refractivity contribution is 7.89. The van der Waals surface area contributed by atoms with Crippen LogP contribution in [0.25, 0.3) is 0 Å². The molecular weight excluding hydrogens is 298 g/mol. The van der Waals surface area contributed by atoms with E-state index in [2.05, 4.69) is 4.72 Å². The first-order valence-corrected chi connectivity index (χ1v) is 7.09. The average molecular weight is 313 g/mol. The van der Waals surface area contributed by atoms with Crippen molar-refractivity contribution in [3.05, 3.63) is 29.8 Å². The highest BCUT2D eigenvalue weighted by Crippen LogP contribution is 2.31. The number of rotatable bonds is 5. The molecule has 2 rings (SSSR count). The van der Waals surface area contributed by atoms with E-state index in [1.165, 1.54) is 0 Å². The van der Waals surface area contributed by atoms with Crippen LogP contribution in [-0.2, 0) is 10.0 Å². The van der Waals surface area contributed by atoms with Crippen LogP contribution in [0.1, 0.15) is 12.8 Å². The van der Waals surface area contributed by atoms with Crippen LogP contribution in [0.3, 0.4) is 0 Å². The summed E-state index contributed by atoms with van der Waals surface area (Å²) in [5.41, 5.74) is 5.74. The highest BCUT2D eigenvalue weighted by atomic mass is 35.5. The number of nitrogens with one attached hydrogen (secondary N) is 1. The second-order valence-electron chi connectivity index (χ2n) is 4.41. The Bertz CT molecular complexity index is 550. The van der Waals surface area contributed by atoms with Gasteiger partial charge >= 0.3 is 0 Å². The molecule has 4 nitrogen and oxygen atoms in total. The number of nitrogens with two attached hydrogens (primary N) is 1. The summed E-state index contributed by atoms with van der Waals surface area (Å²) in [6.45, 7) is 0.0307. The fourth-order valence-electron chi connectivity index (χ4n) is 1.67. The second kappa shape index (κ2) is 6.13. The Morgan fingerprint density at radius 1 is 1.37 bits per heavy atom. The first-order chi connectivity index (χ1) is 8.42. The van der Waals surface area contributed by atoms with Crippen molar-refractivity contribution in [1.82, 2.24) is 4.72 Å². The van der Waals surface area contributed by atoms with Gasteiger partial charge in [0, 0.05) is 12.6 Å². The Kier molecular flexibility index (Phi) is 5.26. The van der Waals surface area contributed by atoms with Crippen molar-refractivity contribution in [2.45, 2.75) is 23.8 Å². The molecule has 0 radical (unpaired) electrons. The van der Waals surface area contributed by atoms with Gasteiger partial charge in [-0.1, -0.05) is 6.07 Å². The minimum Gasteiger partial charge on any atom is -0.326 e. The largest absolute Gasteiger partial charge is 0.326 e. The van der Waals surface area contributed by atoms with Gasteiger partial charge in [0.25, 0.3) is 0 Å². The van der Waals surface area contributed by atoms with Crippen LogP contribution < -0.4 is 10.5 Å². The number of hydrogen-bond donors (Lipinski definition) is 2. The van der Waals surface area contributed by atoms with E-state index < -0.39 is 26.6 Å². The van der Waals surface area contributed by atoms with E-state index in [-0.39, 0.29) is 25.0 Å². The fraction of sp³-hybridized carbons (Fsp3) is 0.455. The van der Waals surface area contributed by atoms with Crippen molar-refractivity contribution in [3.63, 3.8) is 0 Å². The summed E-state index contributed by atoms with van der Waals surface area (Å²) in [5, 5.41) is 0. The minimum atomic E-state index is -4.06. The summed E-state index contributed by atoms with van der Waals surface area (Å²) < 4.78 is 52.1. The van der Waals surface area contributed by atoms with Gasteiger partial charge < -0.3 is 5.73 Å². The van der Waals surface area contributed by atoms with Crippen molar-refractivity contribution >= 4 is 22.4 Å². The fourth-order valence-corrected chi connectivity index (χ4v) is 2.82. The van der Waals surface area contributed by atoms with Crippen molar-refractivity contribution in [2.24, 2.45) is 11.7 Å². The van der Waals surface area contributed by atoms with Crippen LogP contribution in [0.15, 0.2) is 23.1 Å². The molecule has 0 bridgehead atoms. The van der Waals surface area contributed by atoms with Gasteiger partial charge in [0.1, 0.15) is 4.90 Å². The Morgan fingerprint density at radius 3 is 2.58 bits per heavy atom. The Balaban J connectivity index is 0.00000180. The molecule has 0 amide bonds. The molecule has 19 heavy (non-hydrogen) atoms. The van der Waals surface area contributed by atoms with Gasteiger partial charge in [0.05, 0.1) is 0 Å². The van der Waals surface area contributed by atoms with Crippen LogP contribution in [0.4, 0.5) is 8.78 Å². The topological polar surface area (TPSA) is 72.2 Å². The van der Waals surface area contributed by atoms with Gasteiger partial charge in [0.2, 0.25) is 10.0 Å². The van der Waals surface area contributed by atoms with Crippen LogP contribution in [0, 0.1) is 17.6 Å². The first-order valence-electron chi connectivity index (χ1n) is 5.61. The quantitative estimate of drug-likeness (QED) is 0.863. The molecule has 1 atom stereocenters. The van der Waals surface area contributed by atoms with Gasteiger partial charge in [-0.25, -0.2) is 21.9 Å². The lowest BCUT2D eigenvalue weighted by Gasteiger charge is -2.12. The summed E-state index contributed by atoms with van der Waals surface area (Å²) in [6, 6.07) is 2.75. The highest BCUT2D eigenvalue weighted by Gasteiger charge is 2.30. The van der Waals surface area contributed by atoms with E-state index in [1.807, 2.05) is 0 Å². The number of sulfonamides is 1. The Labute approximate surface area is 116 Å². The van der Waals surface area contributed by atoms with Gasteiger partial charge in [-0.3, -0.25) is 0 Å². The van der Waals surface area contributed by atoms with E-state index in [1.54, 1.807) is 0 Å². The molecule has 0 saturated heterocycles. The normalized spacial score (nSPS) is 16.8. The summed E-state index contributed by atoms with van der Waals surface area (Å²) in [6.07, 6.45) is 1.97. The molecule has 0 aromatic heterocycles. The number of hydrogen-bond acceptors (Lipinski definition) is 3. The summed E-state index contributed by atoms with van der Waals surface area (Å²) in [4.78, 5) is -0.689. The maximum Gasteiger partial charge on any atom is 0.243 e. The molecule has 1 saturated carbocycles. The second-order valence-corrected chi connectivity index (χ2v) is 6.14. The third-order valence-corrected chi connectivity index (χ3v) is 4.38. The molecule has 1 aromatic carbocycles. The predicted molar refractivity (Wildman–Crippen MR) is 69.5 cm³/mol. The lowest BCUT2D eigenvalue weighted by molar-refractivity contribution is 0.481. The van der Waals surface area contributed by atoms with Crippen LogP contribution in [-0.4, -0.2) is 21.0 Å². The molecular formula is C11H15ClF2N2O2S. The summed E-state index contributed by atoms with van der Waals surface area (Å²) in [7, 11) is -4.06. The summed E-state index contributed by atoms with van der Waals surface area (Å²) >= 11 is 0. The molecule has 3 N–H and O–H groups in total. The molecule has 0 heterocycles. The van der Waals surface area contributed by atoms with Gasteiger partial charge in [-0.2, -0.15) is 0 Å². The van der Waals surface area contributed by atoms with Gasteiger partial charge in [0.15, 0.2) is 11.6 Å². The molecule has 1 aromatic rings. The monoisotopic (exact) mass is 312 g/mol. The molecule has 0 spiro atoms. The van der Waals surface area contributed by atoms with E-state index in [0.717, 1.165) is 31.0 Å². The zero-order valence-electron chi connectivity index (χ0n) is 9.97. The number of halogens is 3. The Hall–Kier alpha value is -0.760. The molecule has 1 fully saturated rings. The average Bonchev–Trinajstić information content (AvgIpc) is 3.13. The van der Waals surface area contributed by atoms with E-state index in [4.69, 9.17) is 5.73 Å². The Morgan fingerprint density at radius 2 is 2.00 bits per heavy atom. The summed E-state index contributed by atoms with van der Waals surface area (Å²) in [5.74, 6) is -2.24. The van der Waals surface area contributed by atoms with E-state index in [9.17, 15) is 17.2 Å². The molecule has 1 unspecified atom stereocenters. The molecule has 0 aliphatic heterocycles. The van der Waals surface area contributed by atoms with Crippen LogP contribution >= 0.6 is 12.4 Å². The lowest BCUT2D eigenvalue weighted by Crippen LogP contribution is -2.38. The van der Waals surface area contributed by atoms with E-state index in [0.29, 0.717) is 5.92 Å². The molecule has 1 aliphatic carbocycles. The SMILES string of the molecule is Cl.NC(CNS(=O)(=O)c1cccc(F)c1F)C1CC1. The van der Waals surface area contributed by atoms with Gasteiger partial charge in [-0.05, 0) is 30.9 Å². The van der Waals surface area contributed by atoms with Crippen molar-refractivity contribution in [1.29, 1.82) is 0 Å². The lowest BCUT2D eigenvalue weighted by atomic mass is 10.2. The van der Waals surface area contributed by atoms with Crippen molar-refractivity contribution in [3.8, 4) is 0 Å². The third-order valence-electron chi connectivity index (χ3n) is 2.94.